The highest BCUT2D eigenvalue weighted by atomic mass is 35.5. The highest BCUT2D eigenvalue weighted by Gasteiger charge is 2.08. The van der Waals surface area contributed by atoms with E-state index < -0.39 is 4.92 Å². The molecule has 0 aliphatic carbocycles. The van der Waals surface area contributed by atoms with Gasteiger partial charge in [0.25, 0.3) is 5.69 Å². The molecule has 3 N–H and O–H groups in total. The lowest BCUT2D eigenvalue weighted by molar-refractivity contribution is -0.384. The molecule has 0 saturated heterocycles. The molecule has 0 atom stereocenters. The van der Waals surface area contributed by atoms with Crippen LogP contribution in [-0.4, -0.2) is 9.91 Å². The molecule has 6 nitrogen and oxygen atoms in total. The molecule has 7 heteroatoms. The van der Waals surface area contributed by atoms with E-state index in [2.05, 4.69) is 10.3 Å². The zero-order valence-electron chi connectivity index (χ0n) is 9.13. The second kappa shape index (κ2) is 4.89. The van der Waals surface area contributed by atoms with Crippen LogP contribution in [0.5, 0.6) is 0 Å². The Balaban J connectivity index is 2.31. The molecule has 0 aliphatic rings. The zero-order valence-corrected chi connectivity index (χ0v) is 9.89. The van der Waals surface area contributed by atoms with Gasteiger partial charge in [0.05, 0.1) is 21.7 Å². The molecule has 0 aliphatic heterocycles. The Morgan fingerprint density at radius 2 is 2.11 bits per heavy atom. The second-order valence-electron chi connectivity index (χ2n) is 3.52. The molecular formula is C11H9ClN4O2. The van der Waals surface area contributed by atoms with Crippen molar-refractivity contribution < 1.29 is 4.92 Å². The van der Waals surface area contributed by atoms with Gasteiger partial charge in [-0.1, -0.05) is 11.6 Å². The van der Waals surface area contributed by atoms with Crippen molar-refractivity contribution in [3.8, 4) is 0 Å². The van der Waals surface area contributed by atoms with E-state index in [1.54, 1.807) is 18.2 Å². The predicted octanol–water partition coefficient (Wildman–Crippen LogP) is 2.97. The summed E-state index contributed by atoms with van der Waals surface area (Å²) in [6.45, 7) is 0. The number of nitrogens with two attached hydrogens (primary N) is 1. The molecule has 92 valence electrons. The molecule has 1 aromatic heterocycles. The molecule has 0 spiro atoms. The number of anilines is 3. The van der Waals surface area contributed by atoms with Crippen LogP contribution in [0.2, 0.25) is 5.02 Å². The first-order valence-electron chi connectivity index (χ1n) is 4.99. The van der Waals surface area contributed by atoms with Crippen LogP contribution in [0.4, 0.5) is 22.9 Å². The van der Waals surface area contributed by atoms with E-state index in [1.807, 2.05) is 0 Å². The second-order valence-corrected chi connectivity index (χ2v) is 3.93. The van der Waals surface area contributed by atoms with E-state index in [0.29, 0.717) is 22.2 Å². The number of nitrogens with one attached hydrogen (secondary N) is 1. The maximum atomic E-state index is 10.6. The number of aromatic nitrogens is 1. The third-order valence-corrected chi connectivity index (χ3v) is 2.54. The molecule has 2 rings (SSSR count). The third-order valence-electron chi connectivity index (χ3n) is 2.21. The van der Waals surface area contributed by atoms with Crippen LogP contribution in [0.15, 0.2) is 36.5 Å². The maximum absolute atomic E-state index is 10.6. The van der Waals surface area contributed by atoms with Crippen molar-refractivity contribution in [2.75, 3.05) is 11.1 Å². The van der Waals surface area contributed by atoms with E-state index in [9.17, 15) is 10.1 Å². The number of nitrogens with zero attached hydrogens (tertiary/aromatic N) is 2. The monoisotopic (exact) mass is 264 g/mol. The fourth-order valence-corrected chi connectivity index (χ4v) is 1.54. The Hall–Kier alpha value is -2.34. The van der Waals surface area contributed by atoms with Crippen molar-refractivity contribution in [3.63, 3.8) is 0 Å². The number of pyridine rings is 1. The Morgan fingerprint density at radius 1 is 1.33 bits per heavy atom. The van der Waals surface area contributed by atoms with Gasteiger partial charge in [-0.2, -0.15) is 0 Å². The van der Waals surface area contributed by atoms with Crippen LogP contribution in [-0.2, 0) is 0 Å². The highest BCUT2D eigenvalue weighted by Crippen LogP contribution is 2.27. The van der Waals surface area contributed by atoms with Crippen molar-refractivity contribution in [1.29, 1.82) is 0 Å². The fraction of sp³-hybridized carbons (Fsp3) is 0. The number of hydrogen-bond donors (Lipinski definition) is 2. The largest absolute Gasteiger partial charge is 0.399 e. The Kier molecular flexibility index (Phi) is 3.29. The summed E-state index contributed by atoms with van der Waals surface area (Å²) in [4.78, 5) is 14.1. The minimum Gasteiger partial charge on any atom is -0.399 e. The quantitative estimate of drug-likeness (QED) is 0.505. The number of hydrogen-bond acceptors (Lipinski definition) is 5. The van der Waals surface area contributed by atoms with Gasteiger partial charge in [0.1, 0.15) is 5.82 Å². The number of nitrogen functional groups attached to an aromatic ring is 1. The Labute approximate surface area is 108 Å². The van der Waals surface area contributed by atoms with E-state index >= 15 is 0 Å². The van der Waals surface area contributed by atoms with Crippen molar-refractivity contribution in [2.24, 2.45) is 0 Å². The van der Waals surface area contributed by atoms with Crippen LogP contribution < -0.4 is 11.1 Å². The topological polar surface area (TPSA) is 94.1 Å². The van der Waals surface area contributed by atoms with E-state index in [1.165, 1.54) is 18.3 Å². The van der Waals surface area contributed by atoms with E-state index in [-0.39, 0.29) is 5.69 Å². The van der Waals surface area contributed by atoms with Gasteiger partial charge in [-0.15, -0.1) is 0 Å². The van der Waals surface area contributed by atoms with Crippen LogP contribution in [0.1, 0.15) is 0 Å². The predicted molar refractivity (Wildman–Crippen MR) is 70.0 cm³/mol. The molecule has 0 unspecified atom stereocenters. The summed E-state index contributed by atoms with van der Waals surface area (Å²) in [6, 6.07) is 7.56. The van der Waals surface area contributed by atoms with Gasteiger partial charge < -0.3 is 11.1 Å². The summed E-state index contributed by atoms with van der Waals surface area (Å²) in [5.74, 6) is 0.330. The Morgan fingerprint density at radius 3 is 2.83 bits per heavy atom. The SMILES string of the molecule is Nc1ccc(Cl)c(Nc2cc([N+](=O)[O-])ccn2)c1. The van der Waals surface area contributed by atoms with Crippen LogP contribution in [0.3, 0.4) is 0 Å². The van der Waals surface area contributed by atoms with Crippen LogP contribution in [0.25, 0.3) is 0 Å². The van der Waals surface area contributed by atoms with Crippen molar-refractivity contribution >= 4 is 34.5 Å². The lowest BCUT2D eigenvalue weighted by Gasteiger charge is -2.08. The van der Waals surface area contributed by atoms with Crippen LogP contribution >= 0.6 is 11.6 Å². The number of rotatable bonds is 3. The third kappa shape index (κ3) is 2.67. The van der Waals surface area contributed by atoms with Gasteiger partial charge in [0.15, 0.2) is 0 Å². The first kappa shape index (κ1) is 12.1. The standard InChI is InChI=1S/C11H9ClN4O2/c12-9-2-1-7(13)5-10(9)15-11-6-8(16(17)18)3-4-14-11/h1-6H,13H2,(H,14,15). The van der Waals surface area contributed by atoms with Gasteiger partial charge >= 0.3 is 0 Å². The minimum atomic E-state index is -0.492. The lowest BCUT2D eigenvalue weighted by Crippen LogP contribution is -1.97. The summed E-state index contributed by atoms with van der Waals surface area (Å²) >= 11 is 5.97. The van der Waals surface area contributed by atoms with Crippen molar-refractivity contribution in [3.05, 3.63) is 51.7 Å². The van der Waals surface area contributed by atoms with Crippen molar-refractivity contribution in [2.45, 2.75) is 0 Å². The van der Waals surface area contributed by atoms with E-state index in [4.69, 9.17) is 17.3 Å². The summed E-state index contributed by atoms with van der Waals surface area (Å²) in [7, 11) is 0. The molecule has 0 saturated carbocycles. The molecule has 0 bridgehead atoms. The molecule has 0 radical (unpaired) electrons. The summed E-state index contributed by atoms with van der Waals surface area (Å²) in [6.07, 6.45) is 1.35. The number of benzene rings is 1. The molecule has 0 amide bonds. The summed E-state index contributed by atoms with van der Waals surface area (Å²) in [5.41, 5.74) is 6.66. The molecule has 2 aromatic rings. The average Bonchev–Trinajstić information content (AvgIpc) is 2.34. The zero-order chi connectivity index (χ0) is 13.1. The van der Waals surface area contributed by atoms with Gasteiger partial charge in [-0.3, -0.25) is 10.1 Å². The fourth-order valence-electron chi connectivity index (χ4n) is 1.38. The van der Waals surface area contributed by atoms with Gasteiger partial charge in [0.2, 0.25) is 0 Å². The van der Waals surface area contributed by atoms with Crippen molar-refractivity contribution in [1.82, 2.24) is 4.98 Å². The number of nitro groups is 1. The van der Waals surface area contributed by atoms with Crippen LogP contribution in [0, 0.1) is 10.1 Å². The molecule has 1 heterocycles. The van der Waals surface area contributed by atoms with Gasteiger partial charge in [-0.25, -0.2) is 4.98 Å². The van der Waals surface area contributed by atoms with Gasteiger partial charge in [0, 0.05) is 18.0 Å². The molecule has 1 aromatic carbocycles. The first-order chi connectivity index (χ1) is 8.56. The Bertz CT molecular complexity index is 603. The molecule has 18 heavy (non-hydrogen) atoms. The lowest BCUT2D eigenvalue weighted by atomic mass is 10.2. The summed E-state index contributed by atoms with van der Waals surface area (Å²) in [5, 5.41) is 14.0. The maximum Gasteiger partial charge on any atom is 0.274 e. The highest BCUT2D eigenvalue weighted by molar-refractivity contribution is 6.33. The van der Waals surface area contributed by atoms with Gasteiger partial charge in [-0.05, 0) is 18.2 Å². The minimum absolute atomic E-state index is 0.0486. The van der Waals surface area contributed by atoms with E-state index in [0.717, 1.165) is 0 Å². The molecule has 0 fully saturated rings. The first-order valence-corrected chi connectivity index (χ1v) is 5.36. The smallest absolute Gasteiger partial charge is 0.274 e. The normalized spacial score (nSPS) is 10.1. The molecular weight excluding hydrogens is 256 g/mol. The number of halogens is 1. The summed E-state index contributed by atoms with van der Waals surface area (Å²) < 4.78 is 0. The average molecular weight is 265 g/mol.